The van der Waals surface area contributed by atoms with Gasteiger partial charge in [0.25, 0.3) is 5.56 Å². The van der Waals surface area contributed by atoms with E-state index in [1.807, 2.05) is 25.1 Å². The largest absolute Gasteiger partial charge is 0.354 e. The summed E-state index contributed by atoms with van der Waals surface area (Å²) in [7, 11) is 3.77. The van der Waals surface area contributed by atoms with Gasteiger partial charge in [0.1, 0.15) is 22.3 Å². The molecule has 0 bridgehead atoms. The van der Waals surface area contributed by atoms with Crippen LogP contribution in [0.15, 0.2) is 15.9 Å². The number of pyridine rings is 1. The summed E-state index contributed by atoms with van der Waals surface area (Å²) in [5.41, 5.74) is 1.62. The lowest BCUT2D eigenvalue weighted by molar-refractivity contribution is 1.09. The molecule has 0 aliphatic carbocycles. The van der Waals surface area contributed by atoms with Crippen LogP contribution >= 0.6 is 11.3 Å². The Kier molecular flexibility index (Phi) is 3.68. The van der Waals surface area contributed by atoms with Crippen LogP contribution in [0.4, 0.5) is 10.1 Å². The van der Waals surface area contributed by atoms with Crippen LogP contribution in [0.1, 0.15) is 11.3 Å². The van der Waals surface area contributed by atoms with Crippen LogP contribution in [0.25, 0.3) is 11.3 Å². The molecular weight excluding hydrogens is 274 g/mol. The van der Waals surface area contributed by atoms with Gasteiger partial charge < -0.3 is 9.88 Å². The van der Waals surface area contributed by atoms with Crippen LogP contribution in [0.3, 0.4) is 0 Å². The van der Waals surface area contributed by atoms with Crippen LogP contribution in [-0.4, -0.2) is 30.8 Å². The van der Waals surface area contributed by atoms with Crippen molar-refractivity contribution < 1.29 is 0 Å². The van der Waals surface area contributed by atoms with Crippen molar-refractivity contribution in [2.45, 2.75) is 6.92 Å². The van der Waals surface area contributed by atoms with E-state index in [4.69, 9.17) is 5.26 Å². The second-order valence-electron chi connectivity index (χ2n) is 4.37. The summed E-state index contributed by atoms with van der Waals surface area (Å²) in [5.74, 6) is 0. The van der Waals surface area contributed by atoms with Crippen LogP contribution in [-0.2, 0) is 0 Å². The molecule has 0 radical (unpaired) electrons. The van der Waals surface area contributed by atoms with E-state index in [2.05, 4.69) is 21.7 Å². The number of aliphatic imine (C=N–C) groups is 1. The minimum Gasteiger partial charge on any atom is -0.354 e. The fourth-order valence-electron chi connectivity index (χ4n) is 1.73. The van der Waals surface area contributed by atoms with Gasteiger partial charge in [-0.1, -0.05) is 11.3 Å². The van der Waals surface area contributed by atoms with Crippen LogP contribution in [0, 0.1) is 18.3 Å². The highest BCUT2D eigenvalue weighted by Gasteiger charge is 2.17. The normalized spacial score (nSPS) is 10.1. The number of aromatic nitrogens is 2. The van der Waals surface area contributed by atoms with Crippen molar-refractivity contribution in [3.05, 3.63) is 27.7 Å². The summed E-state index contributed by atoms with van der Waals surface area (Å²) in [6.07, 6.45) is 0. The van der Waals surface area contributed by atoms with Gasteiger partial charge >= 0.3 is 0 Å². The monoisotopic (exact) mass is 287 g/mol. The standard InChI is InChI=1S/C13H13N5OS/c1-7-9(5-8(6-14)11(19)16-7)10-12(15-2)20-13(17-10)18(3)4/h5H,2H2,1,3-4H3,(H,16,19). The molecule has 0 amide bonds. The topological polar surface area (TPSA) is 85.1 Å². The number of hydrogen-bond donors (Lipinski definition) is 1. The highest BCUT2D eigenvalue weighted by molar-refractivity contribution is 7.19. The summed E-state index contributed by atoms with van der Waals surface area (Å²) in [4.78, 5) is 24.6. The smallest absolute Gasteiger partial charge is 0.266 e. The van der Waals surface area contributed by atoms with Crippen molar-refractivity contribution >= 4 is 28.2 Å². The lowest BCUT2D eigenvalue weighted by atomic mass is 10.1. The van der Waals surface area contributed by atoms with E-state index in [1.165, 1.54) is 17.4 Å². The molecule has 1 N–H and O–H groups in total. The average Bonchev–Trinajstić information content (AvgIpc) is 2.83. The molecule has 2 heterocycles. The molecule has 2 aromatic rings. The molecule has 0 aromatic carbocycles. The number of rotatable bonds is 3. The first kappa shape index (κ1) is 14.0. The van der Waals surface area contributed by atoms with Gasteiger partial charge in [0, 0.05) is 25.4 Å². The SMILES string of the molecule is C=Nc1sc(N(C)C)nc1-c1cc(C#N)c(=O)[nH]c1C. The van der Waals surface area contributed by atoms with Gasteiger partial charge in [0.15, 0.2) is 5.13 Å². The Labute approximate surface area is 120 Å². The molecule has 0 saturated carbocycles. The third-order valence-electron chi connectivity index (χ3n) is 2.74. The molecule has 6 nitrogen and oxygen atoms in total. The van der Waals surface area contributed by atoms with Crippen LogP contribution in [0.2, 0.25) is 0 Å². The Morgan fingerprint density at radius 1 is 1.55 bits per heavy atom. The van der Waals surface area contributed by atoms with E-state index in [9.17, 15) is 4.79 Å². The number of aromatic amines is 1. The fourth-order valence-corrected chi connectivity index (χ4v) is 2.54. The summed E-state index contributed by atoms with van der Waals surface area (Å²) in [5, 5.41) is 10.4. The van der Waals surface area contributed by atoms with E-state index in [0.717, 1.165) is 5.13 Å². The van der Waals surface area contributed by atoms with Gasteiger partial charge in [-0.15, -0.1) is 0 Å². The van der Waals surface area contributed by atoms with Gasteiger partial charge in [-0.2, -0.15) is 5.26 Å². The quantitative estimate of drug-likeness (QED) is 0.876. The number of nitrogens with one attached hydrogen (secondary N) is 1. The third kappa shape index (κ3) is 2.33. The van der Waals surface area contributed by atoms with Crippen molar-refractivity contribution in [1.29, 1.82) is 5.26 Å². The minimum absolute atomic E-state index is 0.0556. The van der Waals surface area contributed by atoms with E-state index in [0.29, 0.717) is 22.0 Å². The third-order valence-corrected chi connectivity index (χ3v) is 3.89. The van der Waals surface area contributed by atoms with E-state index in [-0.39, 0.29) is 5.56 Å². The second kappa shape index (κ2) is 5.27. The summed E-state index contributed by atoms with van der Waals surface area (Å²) >= 11 is 1.40. The van der Waals surface area contributed by atoms with Crippen LogP contribution in [0.5, 0.6) is 0 Å². The molecule has 2 rings (SSSR count). The summed E-state index contributed by atoms with van der Waals surface area (Å²) in [6, 6.07) is 3.41. The highest BCUT2D eigenvalue weighted by Crippen LogP contribution is 2.39. The molecule has 2 aromatic heterocycles. The first-order valence-electron chi connectivity index (χ1n) is 5.77. The molecule has 0 aliphatic rings. The minimum atomic E-state index is -0.398. The first-order chi connectivity index (χ1) is 9.47. The molecule has 0 saturated heterocycles. The van der Waals surface area contributed by atoms with E-state index < -0.39 is 5.56 Å². The van der Waals surface area contributed by atoms with E-state index >= 15 is 0 Å². The second-order valence-corrected chi connectivity index (χ2v) is 5.32. The number of aryl methyl sites for hydroxylation is 1. The Bertz CT molecular complexity index is 766. The van der Waals surface area contributed by atoms with Gasteiger partial charge in [0.05, 0.1) is 0 Å². The number of anilines is 1. The molecule has 102 valence electrons. The Morgan fingerprint density at radius 3 is 2.80 bits per heavy atom. The van der Waals surface area contributed by atoms with Gasteiger partial charge in [-0.3, -0.25) is 9.79 Å². The van der Waals surface area contributed by atoms with Gasteiger partial charge in [-0.25, -0.2) is 4.98 Å². The van der Waals surface area contributed by atoms with Crippen molar-refractivity contribution in [3.63, 3.8) is 0 Å². The highest BCUT2D eigenvalue weighted by atomic mass is 32.1. The molecule has 0 unspecified atom stereocenters. The van der Waals surface area contributed by atoms with E-state index in [1.54, 1.807) is 6.92 Å². The Balaban J connectivity index is 2.71. The molecule has 0 atom stereocenters. The number of H-pyrrole nitrogens is 1. The van der Waals surface area contributed by atoms with Crippen molar-refractivity contribution in [3.8, 4) is 17.3 Å². The maximum Gasteiger partial charge on any atom is 0.266 e. The van der Waals surface area contributed by atoms with Gasteiger partial charge in [-0.05, 0) is 19.7 Å². The molecular formula is C13H13N5OS. The maximum atomic E-state index is 11.6. The predicted octanol–water partition coefficient (Wildman–Crippen LogP) is 2.08. The van der Waals surface area contributed by atoms with Crippen molar-refractivity contribution in [2.75, 3.05) is 19.0 Å². The number of thiazole rings is 1. The predicted molar refractivity (Wildman–Crippen MR) is 81.2 cm³/mol. The first-order valence-corrected chi connectivity index (χ1v) is 6.58. The lowest BCUT2D eigenvalue weighted by Gasteiger charge is -2.06. The Morgan fingerprint density at radius 2 is 2.25 bits per heavy atom. The van der Waals surface area contributed by atoms with Crippen LogP contribution < -0.4 is 10.5 Å². The number of nitriles is 1. The molecule has 20 heavy (non-hydrogen) atoms. The summed E-state index contributed by atoms with van der Waals surface area (Å²) in [6.45, 7) is 5.31. The lowest BCUT2D eigenvalue weighted by Crippen LogP contribution is -2.12. The maximum absolute atomic E-state index is 11.6. The zero-order chi connectivity index (χ0) is 14.9. The Hall–Kier alpha value is -2.46. The number of nitrogens with zero attached hydrogens (tertiary/aromatic N) is 4. The van der Waals surface area contributed by atoms with Gasteiger partial charge in [0.2, 0.25) is 0 Å². The number of hydrogen-bond acceptors (Lipinski definition) is 6. The molecule has 0 spiro atoms. The van der Waals surface area contributed by atoms with Crippen molar-refractivity contribution in [1.82, 2.24) is 9.97 Å². The molecule has 0 aliphatic heterocycles. The zero-order valence-electron chi connectivity index (χ0n) is 11.4. The summed E-state index contributed by atoms with van der Waals surface area (Å²) < 4.78 is 0. The zero-order valence-corrected chi connectivity index (χ0v) is 12.2. The van der Waals surface area contributed by atoms with Crippen molar-refractivity contribution in [2.24, 2.45) is 4.99 Å². The fraction of sp³-hybridized carbons (Fsp3) is 0.231. The molecule has 7 heteroatoms. The average molecular weight is 287 g/mol. The molecule has 0 fully saturated rings.